The molecule has 0 aliphatic rings. The molecule has 0 fully saturated rings. The van der Waals surface area contributed by atoms with Crippen molar-refractivity contribution in [2.45, 2.75) is 18.8 Å². The highest BCUT2D eigenvalue weighted by Gasteiger charge is 2.21. The summed E-state index contributed by atoms with van der Waals surface area (Å²) in [5.74, 6) is 0. The van der Waals surface area contributed by atoms with Crippen molar-refractivity contribution in [2.75, 3.05) is 19.6 Å². The van der Waals surface area contributed by atoms with Gasteiger partial charge in [0.05, 0.1) is 6.04 Å². The Morgan fingerprint density at radius 1 is 1.11 bits per heavy atom. The van der Waals surface area contributed by atoms with Gasteiger partial charge in [0, 0.05) is 14.2 Å². The molecule has 0 spiro atoms. The number of hydrogen-bond acceptors (Lipinski definition) is 5. The van der Waals surface area contributed by atoms with Crippen LogP contribution in [0.2, 0.25) is 0 Å². The van der Waals surface area contributed by atoms with Crippen LogP contribution in [0, 0.1) is 0 Å². The Hall–Kier alpha value is -1.92. The molecule has 0 aliphatic carbocycles. The third-order valence-corrected chi connectivity index (χ3v) is 2.83. The fourth-order valence-electron chi connectivity index (χ4n) is 1.95. The van der Waals surface area contributed by atoms with Crippen molar-refractivity contribution in [1.29, 1.82) is 0 Å². The molecule has 1 atom stereocenters. The number of aromatic nitrogens is 3. The van der Waals surface area contributed by atoms with Gasteiger partial charge in [-0.3, -0.25) is 0 Å². The van der Waals surface area contributed by atoms with Crippen molar-refractivity contribution in [3.63, 3.8) is 0 Å². The Labute approximate surface area is 112 Å². The lowest BCUT2D eigenvalue weighted by Crippen LogP contribution is -2.41. The standard InChI is InChI=1S/C13H18N4O2/c1-18-13(19-2)12(16-17-9-14-15-10-17)8-11-6-4-3-5-7-11/h3-7,9-10,12-13,16H,8H2,1-2H3. The summed E-state index contributed by atoms with van der Waals surface area (Å²) in [4.78, 5) is 0. The van der Waals surface area contributed by atoms with Gasteiger partial charge in [0.1, 0.15) is 12.7 Å². The third-order valence-electron chi connectivity index (χ3n) is 2.83. The quantitative estimate of drug-likeness (QED) is 0.756. The molecule has 102 valence electrons. The van der Waals surface area contributed by atoms with E-state index in [0.717, 1.165) is 6.42 Å². The van der Waals surface area contributed by atoms with E-state index in [0.29, 0.717) is 0 Å². The van der Waals surface area contributed by atoms with Gasteiger partial charge in [0.25, 0.3) is 0 Å². The smallest absolute Gasteiger partial charge is 0.178 e. The summed E-state index contributed by atoms with van der Waals surface area (Å²) >= 11 is 0. The van der Waals surface area contributed by atoms with Crippen LogP contribution in [0.3, 0.4) is 0 Å². The fraction of sp³-hybridized carbons (Fsp3) is 0.385. The van der Waals surface area contributed by atoms with E-state index in [1.165, 1.54) is 5.56 Å². The Balaban J connectivity index is 2.09. The second-order valence-electron chi connectivity index (χ2n) is 4.13. The summed E-state index contributed by atoms with van der Waals surface area (Å²) in [5, 5.41) is 7.52. The van der Waals surface area contributed by atoms with Crippen molar-refractivity contribution in [3.05, 3.63) is 48.5 Å². The van der Waals surface area contributed by atoms with E-state index < -0.39 is 0 Å². The van der Waals surface area contributed by atoms with Gasteiger partial charge in [-0.2, -0.15) is 0 Å². The van der Waals surface area contributed by atoms with Crippen molar-refractivity contribution < 1.29 is 9.47 Å². The summed E-state index contributed by atoms with van der Waals surface area (Å²) in [6.45, 7) is 0. The van der Waals surface area contributed by atoms with Crippen LogP contribution in [0.4, 0.5) is 0 Å². The SMILES string of the molecule is COC(OC)C(Cc1ccccc1)Nn1cnnc1. The van der Waals surface area contributed by atoms with Crippen molar-refractivity contribution in [3.8, 4) is 0 Å². The molecule has 19 heavy (non-hydrogen) atoms. The lowest BCUT2D eigenvalue weighted by Gasteiger charge is -2.26. The summed E-state index contributed by atoms with van der Waals surface area (Å²) in [7, 11) is 3.25. The Morgan fingerprint density at radius 3 is 2.32 bits per heavy atom. The number of hydrogen-bond donors (Lipinski definition) is 1. The fourth-order valence-corrected chi connectivity index (χ4v) is 1.95. The van der Waals surface area contributed by atoms with Crippen LogP contribution in [0.5, 0.6) is 0 Å². The number of rotatable bonds is 7. The predicted molar refractivity (Wildman–Crippen MR) is 71.1 cm³/mol. The zero-order chi connectivity index (χ0) is 13.5. The minimum atomic E-state index is -0.359. The van der Waals surface area contributed by atoms with Crippen LogP contribution in [0.1, 0.15) is 5.56 Å². The summed E-state index contributed by atoms with van der Waals surface area (Å²) < 4.78 is 12.4. The lowest BCUT2D eigenvalue weighted by atomic mass is 10.1. The van der Waals surface area contributed by atoms with Crippen molar-refractivity contribution >= 4 is 0 Å². The molecule has 6 nitrogen and oxygen atoms in total. The maximum Gasteiger partial charge on any atom is 0.178 e. The molecule has 0 bridgehead atoms. The number of ether oxygens (including phenoxy) is 2. The number of nitrogens with one attached hydrogen (secondary N) is 1. The molecule has 0 saturated heterocycles. The van der Waals surface area contributed by atoms with Crippen molar-refractivity contribution in [1.82, 2.24) is 14.9 Å². The van der Waals surface area contributed by atoms with E-state index in [-0.39, 0.29) is 12.3 Å². The molecule has 2 rings (SSSR count). The molecule has 1 N–H and O–H groups in total. The van der Waals surface area contributed by atoms with Gasteiger partial charge >= 0.3 is 0 Å². The summed E-state index contributed by atoms with van der Waals surface area (Å²) in [6, 6.07) is 10.1. The van der Waals surface area contributed by atoms with Crippen LogP contribution in [-0.2, 0) is 15.9 Å². The van der Waals surface area contributed by atoms with E-state index >= 15 is 0 Å². The molecule has 1 unspecified atom stereocenters. The molecular formula is C13H18N4O2. The Bertz CT molecular complexity index is 457. The minimum Gasteiger partial charge on any atom is -0.354 e. The van der Waals surface area contributed by atoms with Crippen LogP contribution < -0.4 is 5.43 Å². The minimum absolute atomic E-state index is 0.0478. The summed E-state index contributed by atoms with van der Waals surface area (Å²) in [5.41, 5.74) is 4.45. The first-order valence-corrected chi connectivity index (χ1v) is 6.04. The highest BCUT2D eigenvalue weighted by molar-refractivity contribution is 5.17. The Morgan fingerprint density at radius 2 is 1.74 bits per heavy atom. The van der Waals surface area contributed by atoms with Gasteiger partial charge in [-0.25, -0.2) is 4.68 Å². The maximum atomic E-state index is 5.34. The van der Waals surface area contributed by atoms with Gasteiger partial charge in [0.2, 0.25) is 0 Å². The van der Waals surface area contributed by atoms with Crippen LogP contribution in [-0.4, -0.2) is 41.4 Å². The molecule has 0 radical (unpaired) electrons. The predicted octanol–water partition coefficient (Wildman–Crippen LogP) is 1.05. The summed E-state index contributed by atoms with van der Waals surface area (Å²) in [6.07, 6.45) is 3.61. The van der Waals surface area contributed by atoms with Gasteiger partial charge in [-0.15, -0.1) is 10.2 Å². The first kappa shape index (κ1) is 13.5. The van der Waals surface area contributed by atoms with E-state index in [1.807, 2.05) is 18.2 Å². The molecule has 0 saturated carbocycles. The van der Waals surface area contributed by atoms with E-state index in [9.17, 15) is 0 Å². The molecule has 0 aliphatic heterocycles. The van der Waals surface area contributed by atoms with Gasteiger partial charge in [0.15, 0.2) is 6.29 Å². The van der Waals surface area contributed by atoms with Crippen LogP contribution >= 0.6 is 0 Å². The first-order chi connectivity index (χ1) is 9.33. The molecular weight excluding hydrogens is 244 g/mol. The monoisotopic (exact) mass is 262 g/mol. The van der Waals surface area contributed by atoms with E-state index in [1.54, 1.807) is 31.6 Å². The average molecular weight is 262 g/mol. The lowest BCUT2D eigenvalue weighted by molar-refractivity contribution is -0.113. The number of nitrogens with zero attached hydrogens (tertiary/aromatic N) is 3. The van der Waals surface area contributed by atoms with Crippen LogP contribution in [0.25, 0.3) is 0 Å². The molecule has 2 aromatic rings. The zero-order valence-corrected chi connectivity index (χ0v) is 11.1. The van der Waals surface area contributed by atoms with Gasteiger partial charge < -0.3 is 14.9 Å². The first-order valence-electron chi connectivity index (χ1n) is 6.04. The van der Waals surface area contributed by atoms with E-state index in [4.69, 9.17) is 9.47 Å². The van der Waals surface area contributed by atoms with Crippen molar-refractivity contribution in [2.24, 2.45) is 0 Å². The molecule has 1 aromatic carbocycles. The molecule has 1 aromatic heterocycles. The second-order valence-corrected chi connectivity index (χ2v) is 4.13. The van der Waals surface area contributed by atoms with Crippen LogP contribution in [0.15, 0.2) is 43.0 Å². The third kappa shape index (κ3) is 3.77. The maximum absolute atomic E-state index is 5.34. The molecule has 0 amide bonds. The van der Waals surface area contributed by atoms with Gasteiger partial charge in [-0.05, 0) is 12.0 Å². The zero-order valence-electron chi connectivity index (χ0n) is 11.1. The largest absolute Gasteiger partial charge is 0.354 e. The average Bonchev–Trinajstić information content (AvgIpc) is 2.94. The molecule has 1 heterocycles. The number of benzene rings is 1. The molecule has 6 heteroatoms. The highest BCUT2D eigenvalue weighted by atomic mass is 16.7. The normalized spacial score (nSPS) is 12.6. The topological polar surface area (TPSA) is 61.2 Å². The number of methoxy groups -OCH3 is 2. The Kier molecular flexibility index (Phi) is 4.88. The van der Waals surface area contributed by atoms with Gasteiger partial charge in [-0.1, -0.05) is 30.3 Å². The second kappa shape index (κ2) is 6.86. The highest BCUT2D eigenvalue weighted by Crippen LogP contribution is 2.10. The van der Waals surface area contributed by atoms with E-state index in [2.05, 4.69) is 27.8 Å².